The van der Waals surface area contributed by atoms with Crippen LogP contribution in [0.4, 0.5) is 5.82 Å². The Morgan fingerprint density at radius 3 is 2.72 bits per heavy atom. The molecule has 0 aliphatic heterocycles. The first kappa shape index (κ1) is 15.2. The SMILES string of the molecule is Oc1ccc(CCNc2cc(-c3ccc4[nH]ccc4c3)ncn2)cc1. The molecule has 0 atom stereocenters. The Hall–Kier alpha value is -3.34. The molecule has 0 aliphatic carbocycles. The van der Waals surface area contributed by atoms with Gasteiger partial charge in [-0.25, -0.2) is 9.97 Å². The van der Waals surface area contributed by atoms with E-state index >= 15 is 0 Å². The van der Waals surface area contributed by atoms with Gasteiger partial charge in [-0.2, -0.15) is 0 Å². The number of nitrogens with zero attached hydrogens (tertiary/aromatic N) is 2. The summed E-state index contributed by atoms with van der Waals surface area (Å²) in [5.74, 6) is 1.09. The summed E-state index contributed by atoms with van der Waals surface area (Å²) in [6.07, 6.45) is 4.37. The molecule has 3 N–H and O–H groups in total. The first-order valence-corrected chi connectivity index (χ1v) is 8.19. The highest BCUT2D eigenvalue weighted by Gasteiger charge is 2.04. The van der Waals surface area contributed by atoms with Gasteiger partial charge in [-0.1, -0.05) is 18.2 Å². The Morgan fingerprint density at radius 1 is 0.960 bits per heavy atom. The zero-order valence-electron chi connectivity index (χ0n) is 13.6. The summed E-state index contributed by atoms with van der Waals surface area (Å²) in [5, 5.41) is 13.8. The number of aromatic hydroxyl groups is 1. The monoisotopic (exact) mass is 330 g/mol. The number of fused-ring (bicyclic) bond motifs is 1. The molecule has 0 unspecified atom stereocenters. The predicted octanol–water partition coefficient (Wildman–Crippen LogP) is 3.99. The summed E-state index contributed by atoms with van der Waals surface area (Å²) < 4.78 is 0. The molecule has 0 radical (unpaired) electrons. The number of phenols is 1. The van der Waals surface area contributed by atoms with Crippen LogP contribution in [-0.4, -0.2) is 26.6 Å². The highest BCUT2D eigenvalue weighted by molar-refractivity contribution is 5.84. The minimum atomic E-state index is 0.288. The topological polar surface area (TPSA) is 73.8 Å². The molecule has 0 amide bonds. The van der Waals surface area contributed by atoms with Crippen molar-refractivity contribution in [3.05, 3.63) is 72.7 Å². The van der Waals surface area contributed by atoms with Crippen LogP contribution in [0.25, 0.3) is 22.2 Å². The Balaban J connectivity index is 1.46. The second-order valence-corrected chi connectivity index (χ2v) is 5.91. The number of hydrogen-bond donors (Lipinski definition) is 3. The maximum absolute atomic E-state index is 9.32. The molecule has 2 aromatic heterocycles. The van der Waals surface area contributed by atoms with Gasteiger partial charge in [0.25, 0.3) is 0 Å². The van der Waals surface area contributed by atoms with E-state index < -0.39 is 0 Å². The standard InChI is InChI=1S/C20H18N4O/c25-17-4-1-14(2-5-17)7-9-22-20-12-19(23-13-24-20)15-3-6-18-16(11-15)8-10-21-18/h1-6,8,10-13,21,25H,7,9H2,(H,22,23,24). The van der Waals surface area contributed by atoms with E-state index in [1.165, 1.54) is 0 Å². The summed E-state index contributed by atoms with van der Waals surface area (Å²) in [5.41, 5.74) is 4.24. The van der Waals surface area contributed by atoms with Gasteiger partial charge < -0.3 is 15.4 Å². The average molecular weight is 330 g/mol. The Bertz CT molecular complexity index is 992. The number of aromatic amines is 1. The fourth-order valence-corrected chi connectivity index (χ4v) is 2.82. The number of H-pyrrole nitrogens is 1. The van der Waals surface area contributed by atoms with Crippen molar-refractivity contribution >= 4 is 16.7 Å². The van der Waals surface area contributed by atoms with Gasteiger partial charge >= 0.3 is 0 Å². The van der Waals surface area contributed by atoms with Crippen molar-refractivity contribution in [1.82, 2.24) is 15.0 Å². The summed E-state index contributed by atoms with van der Waals surface area (Å²) in [4.78, 5) is 11.9. The van der Waals surface area contributed by atoms with Crippen LogP contribution >= 0.6 is 0 Å². The lowest BCUT2D eigenvalue weighted by Gasteiger charge is -2.07. The summed E-state index contributed by atoms with van der Waals surface area (Å²) in [7, 11) is 0. The van der Waals surface area contributed by atoms with Crippen LogP contribution in [0.3, 0.4) is 0 Å². The summed E-state index contributed by atoms with van der Waals surface area (Å²) in [6.45, 7) is 0.762. The molecular formula is C20H18N4O. The second kappa shape index (κ2) is 6.65. The molecule has 5 nitrogen and oxygen atoms in total. The second-order valence-electron chi connectivity index (χ2n) is 5.91. The molecule has 0 saturated carbocycles. The zero-order chi connectivity index (χ0) is 17.1. The number of hydrogen-bond acceptors (Lipinski definition) is 4. The molecule has 2 aromatic carbocycles. The van der Waals surface area contributed by atoms with Crippen LogP contribution < -0.4 is 5.32 Å². The first-order chi connectivity index (χ1) is 12.3. The quantitative estimate of drug-likeness (QED) is 0.517. The van der Waals surface area contributed by atoms with Crippen LogP contribution in [0.15, 0.2) is 67.1 Å². The van der Waals surface area contributed by atoms with Gasteiger partial charge in [0.2, 0.25) is 0 Å². The molecule has 0 saturated heterocycles. The fourth-order valence-electron chi connectivity index (χ4n) is 2.82. The lowest BCUT2D eigenvalue weighted by Crippen LogP contribution is -2.06. The Morgan fingerprint density at radius 2 is 1.84 bits per heavy atom. The van der Waals surface area contributed by atoms with E-state index in [9.17, 15) is 5.11 Å². The van der Waals surface area contributed by atoms with Crippen LogP contribution in [-0.2, 0) is 6.42 Å². The van der Waals surface area contributed by atoms with E-state index in [1.54, 1.807) is 18.5 Å². The van der Waals surface area contributed by atoms with E-state index in [-0.39, 0.29) is 5.75 Å². The van der Waals surface area contributed by atoms with Crippen LogP contribution in [0.5, 0.6) is 5.75 Å². The van der Waals surface area contributed by atoms with Gasteiger partial charge in [0.15, 0.2) is 0 Å². The maximum atomic E-state index is 9.32. The Kier molecular flexibility index (Phi) is 4.04. The van der Waals surface area contributed by atoms with Crippen LogP contribution in [0, 0.1) is 0 Å². The average Bonchev–Trinajstić information content (AvgIpc) is 3.11. The molecule has 4 rings (SSSR count). The molecule has 0 bridgehead atoms. The molecule has 124 valence electrons. The number of phenolic OH excluding ortho intramolecular Hbond substituents is 1. The molecule has 0 spiro atoms. The van der Waals surface area contributed by atoms with Crippen molar-refractivity contribution in [3.8, 4) is 17.0 Å². The van der Waals surface area contributed by atoms with Gasteiger partial charge in [0, 0.05) is 35.3 Å². The van der Waals surface area contributed by atoms with Gasteiger partial charge in [0.1, 0.15) is 17.9 Å². The van der Waals surface area contributed by atoms with Crippen LogP contribution in [0.2, 0.25) is 0 Å². The molecule has 4 aromatic rings. The molecule has 2 heterocycles. The van der Waals surface area contributed by atoms with Crippen molar-refractivity contribution < 1.29 is 5.11 Å². The summed E-state index contributed by atoms with van der Waals surface area (Å²) >= 11 is 0. The number of aromatic nitrogens is 3. The summed E-state index contributed by atoms with van der Waals surface area (Å²) in [6, 6.07) is 17.5. The lowest BCUT2D eigenvalue weighted by atomic mass is 10.1. The zero-order valence-corrected chi connectivity index (χ0v) is 13.6. The van der Waals surface area contributed by atoms with Crippen molar-refractivity contribution in [1.29, 1.82) is 0 Å². The lowest BCUT2D eigenvalue weighted by molar-refractivity contribution is 0.475. The maximum Gasteiger partial charge on any atom is 0.129 e. The molecule has 0 aliphatic rings. The van der Waals surface area contributed by atoms with E-state index in [0.717, 1.165) is 46.5 Å². The Labute approximate surface area is 145 Å². The normalized spacial score (nSPS) is 10.9. The van der Waals surface area contributed by atoms with Gasteiger partial charge in [-0.05, 0) is 42.3 Å². The highest BCUT2D eigenvalue weighted by atomic mass is 16.3. The minimum Gasteiger partial charge on any atom is -0.508 e. The van der Waals surface area contributed by atoms with Crippen molar-refractivity contribution in [3.63, 3.8) is 0 Å². The van der Waals surface area contributed by atoms with Crippen LogP contribution in [0.1, 0.15) is 5.56 Å². The fraction of sp³-hybridized carbons (Fsp3) is 0.100. The highest BCUT2D eigenvalue weighted by Crippen LogP contribution is 2.23. The molecule has 0 fully saturated rings. The van der Waals surface area contributed by atoms with Crippen molar-refractivity contribution in [2.24, 2.45) is 0 Å². The molecular weight excluding hydrogens is 312 g/mol. The third-order valence-corrected chi connectivity index (χ3v) is 4.17. The number of rotatable bonds is 5. The van der Waals surface area contributed by atoms with E-state index in [4.69, 9.17) is 0 Å². The van der Waals surface area contributed by atoms with Gasteiger partial charge in [0.05, 0.1) is 5.69 Å². The van der Waals surface area contributed by atoms with E-state index in [2.05, 4.69) is 44.5 Å². The smallest absolute Gasteiger partial charge is 0.129 e. The minimum absolute atomic E-state index is 0.288. The number of anilines is 1. The third kappa shape index (κ3) is 3.45. The largest absolute Gasteiger partial charge is 0.508 e. The first-order valence-electron chi connectivity index (χ1n) is 8.19. The predicted molar refractivity (Wildman–Crippen MR) is 99.6 cm³/mol. The van der Waals surface area contributed by atoms with E-state index in [1.807, 2.05) is 24.4 Å². The molecule has 25 heavy (non-hydrogen) atoms. The van der Waals surface area contributed by atoms with Gasteiger partial charge in [-0.15, -0.1) is 0 Å². The molecule has 5 heteroatoms. The van der Waals surface area contributed by atoms with Crippen molar-refractivity contribution in [2.45, 2.75) is 6.42 Å². The van der Waals surface area contributed by atoms with Gasteiger partial charge in [-0.3, -0.25) is 0 Å². The third-order valence-electron chi connectivity index (χ3n) is 4.17. The number of benzene rings is 2. The van der Waals surface area contributed by atoms with E-state index in [0.29, 0.717) is 0 Å². The number of nitrogens with one attached hydrogen (secondary N) is 2. The van der Waals surface area contributed by atoms with Crippen molar-refractivity contribution in [2.75, 3.05) is 11.9 Å².